The fourth-order valence-corrected chi connectivity index (χ4v) is 5.70. The van der Waals surface area contributed by atoms with Gasteiger partial charge in [0.05, 0.1) is 11.5 Å². The molecule has 192 valence electrons. The molecule has 0 radical (unpaired) electrons. The molecule has 4 rings (SSSR count). The summed E-state index contributed by atoms with van der Waals surface area (Å²) in [6, 6.07) is 17.2. The SMILES string of the molecule is COCCCN1C(=O)C[C@](CC(=O)N2CCC([C@H](O)c3ccccc3)CC2)(c2ccccc2C)C1=O. The highest BCUT2D eigenvalue weighted by atomic mass is 16.5. The molecule has 0 aliphatic carbocycles. The van der Waals surface area contributed by atoms with Crippen LogP contribution in [0.1, 0.15) is 54.9 Å². The minimum absolute atomic E-state index is 0.00139. The summed E-state index contributed by atoms with van der Waals surface area (Å²) >= 11 is 0. The Morgan fingerprint density at radius 3 is 2.42 bits per heavy atom. The molecule has 2 aromatic carbocycles. The first kappa shape index (κ1) is 26.0. The summed E-state index contributed by atoms with van der Waals surface area (Å²) in [6.07, 6.45) is 1.35. The number of carbonyl (C=O) groups excluding carboxylic acids is 3. The number of piperidine rings is 1. The van der Waals surface area contributed by atoms with Crippen molar-refractivity contribution in [1.82, 2.24) is 9.80 Å². The topological polar surface area (TPSA) is 87.2 Å². The van der Waals surface area contributed by atoms with E-state index in [4.69, 9.17) is 4.74 Å². The predicted octanol–water partition coefficient (Wildman–Crippen LogP) is 3.39. The van der Waals surface area contributed by atoms with Crippen LogP contribution in [0, 0.1) is 12.8 Å². The summed E-state index contributed by atoms with van der Waals surface area (Å²) in [5.74, 6) is -0.573. The van der Waals surface area contributed by atoms with E-state index in [0.29, 0.717) is 39.0 Å². The quantitative estimate of drug-likeness (QED) is 0.428. The molecule has 0 unspecified atom stereocenters. The van der Waals surface area contributed by atoms with Gasteiger partial charge in [-0.25, -0.2) is 0 Å². The third kappa shape index (κ3) is 5.22. The number of aliphatic hydroxyl groups is 1. The summed E-state index contributed by atoms with van der Waals surface area (Å²) < 4.78 is 5.10. The number of benzene rings is 2. The Morgan fingerprint density at radius 1 is 1.08 bits per heavy atom. The van der Waals surface area contributed by atoms with Crippen LogP contribution in [0.2, 0.25) is 0 Å². The highest BCUT2D eigenvalue weighted by molar-refractivity contribution is 6.11. The van der Waals surface area contributed by atoms with E-state index in [1.807, 2.05) is 61.5 Å². The number of hydrogen-bond acceptors (Lipinski definition) is 5. The molecule has 2 heterocycles. The molecule has 2 aliphatic rings. The van der Waals surface area contributed by atoms with E-state index in [-0.39, 0.29) is 43.0 Å². The van der Waals surface area contributed by atoms with Crippen LogP contribution < -0.4 is 0 Å². The normalized spacial score (nSPS) is 21.8. The second kappa shape index (κ2) is 11.4. The van der Waals surface area contributed by atoms with E-state index in [1.165, 1.54) is 4.90 Å². The van der Waals surface area contributed by atoms with Crippen LogP contribution in [0.4, 0.5) is 0 Å². The number of carbonyl (C=O) groups is 3. The van der Waals surface area contributed by atoms with Crippen molar-refractivity contribution in [2.75, 3.05) is 33.4 Å². The number of aryl methyl sites for hydroxylation is 1. The van der Waals surface area contributed by atoms with Crippen LogP contribution in [-0.2, 0) is 24.5 Å². The number of ether oxygens (including phenoxy) is 1. The van der Waals surface area contributed by atoms with Gasteiger partial charge in [0.25, 0.3) is 0 Å². The molecular weight excluding hydrogens is 456 g/mol. The molecule has 2 aliphatic heterocycles. The molecule has 7 nitrogen and oxygen atoms in total. The number of aliphatic hydroxyl groups excluding tert-OH is 1. The average Bonchev–Trinajstić information content (AvgIpc) is 3.13. The first-order valence-corrected chi connectivity index (χ1v) is 12.8. The Bertz CT molecular complexity index is 1080. The fourth-order valence-electron chi connectivity index (χ4n) is 5.70. The number of hydrogen-bond donors (Lipinski definition) is 1. The van der Waals surface area contributed by atoms with Crippen LogP contribution in [0.5, 0.6) is 0 Å². The van der Waals surface area contributed by atoms with Gasteiger partial charge in [-0.05, 0) is 48.8 Å². The zero-order valence-corrected chi connectivity index (χ0v) is 21.2. The van der Waals surface area contributed by atoms with E-state index in [9.17, 15) is 19.5 Å². The molecular formula is C29H36N2O5. The molecule has 36 heavy (non-hydrogen) atoms. The van der Waals surface area contributed by atoms with Gasteiger partial charge in [-0.2, -0.15) is 0 Å². The van der Waals surface area contributed by atoms with Crippen molar-refractivity contribution in [2.24, 2.45) is 5.92 Å². The molecule has 2 fully saturated rings. The lowest BCUT2D eigenvalue weighted by molar-refractivity contribution is -0.143. The lowest BCUT2D eigenvalue weighted by Gasteiger charge is -2.36. The number of likely N-dealkylation sites (tertiary alicyclic amines) is 2. The fraction of sp³-hybridized carbons (Fsp3) is 0.483. The van der Waals surface area contributed by atoms with Gasteiger partial charge >= 0.3 is 0 Å². The smallest absolute Gasteiger partial charge is 0.240 e. The Labute approximate surface area is 213 Å². The van der Waals surface area contributed by atoms with E-state index >= 15 is 0 Å². The van der Waals surface area contributed by atoms with Gasteiger partial charge in [0, 0.05) is 46.2 Å². The van der Waals surface area contributed by atoms with Crippen molar-refractivity contribution in [1.29, 1.82) is 0 Å². The lowest BCUT2D eigenvalue weighted by atomic mass is 9.73. The Balaban J connectivity index is 1.50. The lowest BCUT2D eigenvalue weighted by Crippen LogP contribution is -2.46. The molecule has 1 N–H and O–H groups in total. The van der Waals surface area contributed by atoms with Gasteiger partial charge < -0.3 is 14.7 Å². The average molecular weight is 493 g/mol. The van der Waals surface area contributed by atoms with E-state index in [0.717, 1.165) is 16.7 Å². The maximum Gasteiger partial charge on any atom is 0.240 e. The Kier molecular flexibility index (Phi) is 8.21. The minimum atomic E-state index is -1.19. The van der Waals surface area contributed by atoms with Gasteiger partial charge in [-0.1, -0.05) is 54.6 Å². The van der Waals surface area contributed by atoms with Crippen molar-refractivity contribution in [3.05, 3.63) is 71.3 Å². The van der Waals surface area contributed by atoms with Crippen LogP contribution in [-0.4, -0.2) is 66.0 Å². The Morgan fingerprint density at radius 2 is 1.75 bits per heavy atom. The number of rotatable bonds is 9. The summed E-state index contributed by atoms with van der Waals surface area (Å²) in [4.78, 5) is 43.4. The van der Waals surface area contributed by atoms with Crippen molar-refractivity contribution >= 4 is 17.7 Å². The first-order chi connectivity index (χ1) is 17.4. The monoisotopic (exact) mass is 492 g/mol. The molecule has 0 spiro atoms. The van der Waals surface area contributed by atoms with Gasteiger partial charge in [0.15, 0.2) is 0 Å². The summed E-state index contributed by atoms with van der Waals surface area (Å²) in [7, 11) is 1.59. The molecule has 2 saturated heterocycles. The van der Waals surface area contributed by atoms with Crippen LogP contribution in [0.25, 0.3) is 0 Å². The second-order valence-electron chi connectivity index (χ2n) is 10.0. The molecule has 0 aromatic heterocycles. The van der Waals surface area contributed by atoms with E-state index in [2.05, 4.69) is 0 Å². The summed E-state index contributed by atoms with van der Waals surface area (Å²) in [5.41, 5.74) is 1.35. The summed E-state index contributed by atoms with van der Waals surface area (Å²) in [5, 5.41) is 10.8. The molecule has 2 aromatic rings. The molecule has 2 atom stereocenters. The highest BCUT2D eigenvalue weighted by Gasteiger charge is 2.54. The van der Waals surface area contributed by atoms with Gasteiger partial charge in [-0.15, -0.1) is 0 Å². The zero-order chi connectivity index (χ0) is 25.7. The maximum absolute atomic E-state index is 13.8. The van der Waals surface area contributed by atoms with Gasteiger partial charge in [0.2, 0.25) is 17.7 Å². The van der Waals surface area contributed by atoms with Crippen molar-refractivity contribution in [3.8, 4) is 0 Å². The van der Waals surface area contributed by atoms with E-state index < -0.39 is 11.5 Å². The maximum atomic E-state index is 13.8. The predicted molar refractivity (Wildman–Crippen MR) is 136 cm³/mol. The third-order valence-electron chi connectivity index (χ3n) is 7.73. The highest BCUT2D eigenvalue weighted by Crippen LogP contribution is 2.42. The molecule has 3 amide bonds. The van der Waals surface area contributed by atoms with Crippen LogP contribution in [0.15, 0.2) is 54.6 Å². The zero-order valence-electron chi connectivity index (χ0n) is 21.2. The molecule has 0 bridgehead atoms. The summed E-state index contributed by atoms with van der Waals surface area (Å²) in [6.45, 7) is 3.71. The van der Waals surface area contributed by atoms with Gasteiger partial charge in [0.1, 0.15) is 0 Å². The number of imide groups is 1. The van der Waals surface area contributed by atoms with Crippen molar-refractivity contribution in [2.45, 2.75) is 50.5 Å². The van der Waals surface area contributed by atoms with Crippen molar-refractivity contribution in [3.63, 3.8) is 0 Å². The van der Waals surface area contributed by atoms with Crippen LogP contribution in [0.3, 0.4) is 0 Å². The first-order valence-electron chi connectivity index (χ1n) is 12.8. The molecule has 7 heteroatoms. The van der Waals surface area contributed by atoms with Crippen molar-refractivity contribution < 1.29 is 24.2 Å². The number of methoxy groups -OCH3 is 1. The molecule has 0 saturated carbocycles. The number of amides is 3. The standard InChI is InChI=1S/C29H36N2O5/c1-21-9-6-7-12-24(21)29(20-26(33)31(28(29)35)15-8-18-36-2)19-25(32)30-16-13-23(14-17-30)27(34)22-10-4-3-5-11-22/h3-7,9-12,23,27,34H,8,13-20H2,1-2H3/t27-,29-/m1/s1. The minimum Gasteiger partial charge on any atom is -0.388 e. The number of nitrogens with zero attached hydrogens (tertiary/aromatic N) is 2. The largest absolute Gasteiger partial charge is 0.388 e. The Hall–Kier alpha value is -3.03. The van der Waals surface area contributed by atoms with E-state index in [1.54, 1.807) is 12.0 Å². The second-order valence-corrected chi connectivity index (χ2v) is 10.0. The third-order valence-corrected chi connectivity index (χ3v) is 7.73. The van der Waals surface area contributed by atoms with Gasteiger partial charge in [-0.3, -0.25) is 19.3 Å². The van der Waals surface area contributed by atoms with Crippen LogP contribution >= 0.6 is 0 Å².